The molecule has 1 N–H and O–H groups in total. The molecule has 26 heavy (non-hydrogen) atoms. The van der Waals surface area contributed by atoms with Crippen molar-refractivity contribution in [3.8, 4) is 0 Å². The Morgan fingerprint density at radius 1 is 1.00 bits per heavy atom. The van der Waals surface area contributed by atoms with E-state index < -0.39 is 0 Å². The molecule has 5 heteroatoms. The lowest BCUT2D eigenvalue weighted by molar-refractivity contribution is -0.117. The quantitative estimate of drug-likeness (QED) is 0.697. The van der Waals surface area contributed by atoms with Gasteiger partial charge in [-0.3, -0.25) is 9.69 Å². The van der Waals surface area contributed by atoms with E-state index in [1.165, 1.54) is 11.3 Å². The van der Waals surface area contributed by atoms with Crippen LogP contribution in [0.3, 0.4) is 0 Å². The Kier molecular flexibility index (Phi) is 4.91. The standard InChI is InChI=1S/C21H20BrN3O/c22-17-8-10-18(11-9-17)23-20(26)15-25-14-13-24-12-4-7-19(24)21(25)16-5-2-1-3-6-16/h1-12,21H,13-15H2,(H,23,26). The number of hydrogen-bond acceptors (Lipinski definition) is 2. The number of rotatable bonds is 4. The van der Waals surface area contributed by atoms with Gasteiger partial charge >= 0.3 is 0 Å². The van der Waals surface area contributed by atoms with Crippen LogP contribution in [0, 0.1) is 0 Å². The van der Waals surface area contributed by atoms with Gasteiger partial charge in [0.25, 0.3) is 0 Å². The normalized spacial score (nSPS) is 16.9. The molecule has 4 rings (SSSR count). The Morgan fingerprint density at radius 3 is 2.54 bits per heavy atom. The van der Waals surface area contributed by atoms with Crippen molar-refractivity contribution in [3.05, 3.63) is 88.7 Å². The largest absolute Gasteiger partial charge is 0.348 e. The van der Waals surface area contributed by atoms with Gasteiger partial charge in [-0.15, -0.1) is 0 Å². The molecule has 4 nitrogen and oxygen atoms in total. The van der Waals surface area contributed by atoms with Crippen molar-refractivity contribution in [1.82, 2.24) is 9.47 Å². The van der Waals surface area contributed by atoms with Crippen molar-refractivity contribution in [3.63, 3.8) is 0 Å². The lowest BCUT2D eigenvalue weighted by atomic mass is 10.00. The fraction of sp³-hybridized carbons (Fsp3) is 0.190. The monoisotopic (exact) mass is 409 g/mol. The third-order valence-electron chi connectivity index (χ3n) is 4.73. The highest BCUT2D eigenvalue weighted by Crippen LogP contribution is 2.32. The Hall–Kier alpha value is -2.37. The number of amides is 1. The van der Waals surface area contributed by atoms with Crippen LogP contribution in [0.25, 0.3) is 0 Å². The number of hydrogen-bond donors (Lipinski definition) is 1. The highest BCUT2D eigenvalue weighted by Gasteiger charge is 2.29. The molecule has 1 aliphatic heterocycles. The number of carbonyl (C=O) groups excluding carboxylic acids is 1. The van der Waals surface area contributed by atoms with Crippen LogP contribution in [0.4, 0.5) is 5.69 Å². The van der Waals surface area contributed by atoms with Gasteiger partial charge in [-0.1, -0.05) is 46.3 Å². The van der Waals surface area contributed by atoms with Crippen molar-refractivity contribution in [2.45, 2.75) is 12.6 Å². The maximum absolute atomic E-state index is 12.6. The molecule has 0 aliphatic carbocycles. The molecule has 0 fully saturated rings. The smallest absolute Gasteiger partial charge is 0.238 e. The van der Waals surface area contributed by atoms with E-state index in [2.05, 4.69) is 73.3 Å². The van der Waals surface area contributed by atoms with Crippen LogP contribution in [0.2, 0.25) is 0 Å². The maximum atomic E-state index is 12.6. The van der Waals surface area contributed by atoms with E-state index in [9.17, 15) is 4.79 Å². The molecule has 0 radical (unpaired) electrons. The Labute approximate surface area is 161 Å². The van der Waals surface area contributed by atoms with E-state index in [1.54, 1.807) is 0 Å². The second-order valence-electron chi connectivity index (χ2n) is 6.47. The third-order valence-corrected chi connectivity index (χ3v) is 5.26. The van der Waals surface area contributed by atoms with E-state index in [4.69, 9.17) is 0 Å². The number of nitrogens with zero attached hydrogens (tertiary/aromatic N) is 2. The van der Waals surface area contributed by atoms with Gasteiger partial charge in [0.05, 0.1) is 12.6 Å². The first-order valence-electron chi connectivity index (χ1n) is 8.70. The predicted octanol–water partition coefficient (Wildman–Crippen LogP) is 4.29. The average Bonchev–Trinajstić information content (AvgIpc) is 3.13. The molecular formula is C21H20BrN3O. The van der Waals surface area contributed by atoms with E-state index >= 15 is 0 Å². The maximum Gasteiger partial charge on any atom is 0.238 e. The van der Waals surface area contributed by atoms with E-state index in [-0.39, 0.29) is 11.9 Å². The molecule has 132 valence electrons. The number of fused-ring (bicyclic) bond motifs is 1. The zero-order valence-corrected chi connectivity index (χ0v) is 15.9. The molecule has 0 saturated heterocycles. The van der Waals surface area contributed by atoms with Crippen LogP contribution in [0.15, 0.2) is 77.4 Å². The third kappa shape index (κ3) is 3.59. The summed E-state index contributed by atoms with van der Waals surface area (Å²) in [4.78, 5) is 14.9. The minimum absolute atomic E-state index is 0.00765. The first kappa shape index (κ1) is 17.1. The molecule has 2 aromatic carbocycles. The summed E-state index contributed by atoms with van der Waals surface area (Å²) in [6.45, 7) is 2.10. The summed E-state index contributed by atoms with van der Waals surface area (Å²) in [5.74, 6) is 0.00765. The van der Waals surface area contributed by atoms with Gasteiger partial charge in [0, 0.05) is 35.1 Å². The zero-order valence-electron chi connectivity index (χ0n) is 14.3. The molecule has 1 aromatic heterocycles. The molecule has 1 atom stereocenters. The molecule has 1 amide bonds. The van der Waals surface area contributed by atoms with E-state index in [0.717, 1.165) is 23.2 Å². The first-order valence-corrected chi connectivity index (χ1v) is 9.49. The Balaban J connectivity index is 1.54. The first-order chi connectivity index (χ1) is 12.7. The topological polar surface area (TPSA) is 37.3 Å². The molecule has 0 bridgehead atoms. The summed E-state index contributed by atoms with van der Waals surface area (Å²) in [5, 5.41) is 3.00. The summed E-state index contributed by atoms with van der Waals surface area (Å²) in [7, 11) is 0. The second-order valence-corrected chi connectivity index (χ2v) is 7.38. The second kappa shape index (κ2) is 7.48. The minimum atomic E-state index is 0.00765. The van der Waals surface area contributed by atoms with Crippen molar-refractivity contribution in [1.29, 1.82) is 0 Å². The van der Waals surface area contributed by atoms with Crippen LogP contribution in [-0.4, -0.2) is 28.5 Å². The van der Waals surface area contributed by atoms with Crippen molar-refractivity contribution in [2.75, 3.05) is 18.4 Å². The van der Waals surface area contributed by atoms with E-state index in [0.29, 0.717) is 6.54 Å². The molecule has 0 saturated carbocycles. The number of nitrogens with one attached hydrogen (secondary N) is 1. The van der Waals surface area contributed by atoms with Crippen LogP contribution < -0.4 is 5.32 Å². The minimum Gasteiger partial charge on any atom is -0.348 e. The predicted molar refractivity (Wildman–Crippen MR) is 107 cm³/mol. The van der Waals surface area contributed by atoms with Crippen molar-refractivity contribution < 1.29 is 4.79 Å². The molecule has 1 unspecified atom stereocenters. The van der Waals surface area contributed by atoms with Crippen molar-refractivity contribution >= 4 is 27.5 Å². The van der Waals surface area contributed by atoms with Gasteiger partial charge < -0.3 is 9.88 Å². The average molecular weight is 410 g/mol. The SMILES string of the molecule is O=C(CN1CCn2cccc2C1c1ccccc1)Nc1ccc(Br)cc1. The van der Waals surface area contributed by atoms with Crippen LogP contribution in [0.1, 0.15) is 17.3 Å². The van der Waals surface area contributed by atoms with Gasteiger partial charge in [0.15, 0.2) is 0 Å². The Bertz CT molecular complexity index is 889. The fourth-order valence-electron chi connectivity index (χ4n) is 3.54. The number of benzene rings is 2. The zero-order chi connectivity index (χ0) is 17.9. The van der Waals surface area contributed by atoms with Crippen molar-refractivity contribution in [2.24, 2.45) is 0 Å². The summed E-state index contributed by atoms with van der Waals surface area (Å²) < 4.78 is 3.28. The molecule has 0 spiro atoms. The van der Waals surface area contributed by atoms with Gasteiger partial charge in [-0.2, -0.15) is 0 Å². The van der Waals surface area contributed by atoms with Gasteiger partial charge in [0.2, 0.25) is 5.91 Å². The number of halogens is 1. The van der Waals surface area contributed by atoms with Crippen LogP contribution in [-0.2, 0) is 11.3 Å². The lowest BCUT2D eigenvalue weighted by Gasteiger charge is -2.36. The summed E-state index contributed by atoms with van der Waals surface area (Å²) in [6.07, 6.45) is 2.12. The van der Waals surface area contributed by atoms with Crippen LogP contribution in [0.5, 0.6) is 0 Å². The Morgan fingerprint density at radius 2 is 1.77 bits per heavy atom. The summed E-state index contributed by atoms with van der Waals surface area (Å²) in [5.41, 5.74) is 3.26. The van der Waals surface area contributed by atoms with Gasteiger partial charge in [-0.25, -0.2) is 0 Å². The summed E-state index contributed by atoms with van der Waals surface area (Å²) >= 11 is 3.41. The molecule has 1 aliphatic rings. The molecule has 2 heterocycles. The fourth-order valence-corrected chi connectivity index (χ4v) is 3.80. The highest BCUT2D eigenvalue weighted by molar-refractivity contribution is 9.10. The van der Waals surface area contributed by atoms with E-state index in [1.807, 2.05) is 30.3 Å². The highest BCUT2D eigenvalue weighted by atomic mass is 79.9. The van der Waals surface area contributed by atoms with Crippen LogP contribution >= 0.6 is 15.9 Å². The number of aromatic nitrogens is 1. The number of carbonyl (C=O) groups is 1. The molecular weight excluding hydrogens is 390 g/mol. The molecule has 3 aromatic rings. The number of anilines is 1. The summed E-state index contributed by atoms with van der Waals surface area (Å²) in [6, 6.07) is 22.4. The van der Waals surface area contributed by atoms with Gasteiger partial charge in [-0.05, 0) is 42.0 Å². The van der Waals surface area contributed by atoms with Gasteiger partial charge in [0.1, 0.15) is 0 Å². The lowest BCUT2D eigenvalue weighted by Crippen LogP contribution is -2.42.